The zero-order valence-corrected chi connectivity index (χ0v) is 7.32. The first-order valence-electron chi connectivity index (χ1n) is 3.58. The Morgan fingerprint density at radius 3 is 2.73 bits per heavy atom. The largest absolute Gasteiger partial charge is 0.330 e. The first kappa shape index (κ1) is 10.7. The van der Waals surface area contributed by atoms with Gasteiger partial charge in [0.1, 0.15) is 0 Å². The Balaban J connectivity index is 2.95. The van der Waals surface area contributed by atoms with Gasteiger partial charge in [0.15, 0.2) is 0 Å². The predicted octanol–water partition coefficient (Wildman–Crippen LogP) is -0.552. The van der Waals surface area contributed by atoms with Crippen LogP contribution in [0.2, 0.25) is 0 Å². The molecule has 0 aliphatic heterocycles. The summed E-state index contributed by atoms with van der Waals surface area (Å²) >= 11 is 1.76. The fourth-order valence-corrected chi connectivity index (χ4v) is 1.31. The molecule has 0 atom stereocenters. The number of carbonyl (C=O) groups is 1. The molecule has 0 saturated carbocycles. The number of hydrazine groups is 1. The number of thioether (sulfide) groups is 1. The highest BCUT2D eigenvalue weighted by Crippen LogP contribution is 2.02. The molecule has 0 fully saturated rings. The molecule has 0 heterocycles. The summed E-state index contributed by atoms with van der Waals surface area (Å²) in [6.45, 7) is 0.702. The van der Waals surface area contributed by atoms with Gasteiger partial charge in [-0.05, 0) is 12.2 Å². The first-order valence-corrected chi connectivity index (χ1v) is 4.74. The van der Waals surface area contributed by atoms with Crippen molar-refractivity contribution in [2.24, 2.45) is 11.6 Å². The van der Waals surface area contributed by atoms with E-state index in [1.54, 1.807) is 11.8 Å². The molecule has 0 rings (SSSR count). The number of rotatable bonds is 6. The summed E-state index contributed by atoms with van der Waals surface area (Å²) in [5, 5.41) is 0. The van der Waals surface area contributed by atoms with Crippen LogP contribution in [0.3, 0.4) is 0 Å². The second kappa shape index (κ2) is 7.84. The normalized spacial score (nSPS) is 9.64. The maximum Gasteiger partial charge on any atom is 0.233 e. The molecule has 0 spiro atoms. The molecule has 0 aromatic rings. The number of carbonyl (C=O) groups excluding carboxylic acids is 1. The highest BCUT2D eigenvalue weighted by atomic mass is 32.2. The third kappa shape index (κ3) is 7.64. The fourth-order valence-electron chi connectivity index (χ4n) is 0.592. The van der Waals surface area contributed by atoms with Crippen molar-refractivity contribution in [3.8, 4) is 0 Å². The zero-order valence-electron chi connectivity index (χ0n) is 6.51. The Labute approximate surface area is 71.0 Å². The monoisotopic (exact) mass is 177 g/mol. The van der Waals surface area contributed by atoms with Crippen LogP contribution in [0.1, 0.15) is 12.8 Å². The van der Waals surface area contributed by atoms with Gasteiger partial charge in [-0.2, -0.15) is 11.8 Å². The molecule has 5 N–H and O–H groups in total. The average Bonchev–Trinajstić information content (AvgIpc) is 2.04. The van der Waals surface area contributed by atoms with Crippen LogP contribution >= 0.6 is 11.8 Å². The molecule has 1 amide bonds. The van der Waals surface area contributed by atoms with E-state index in [0.717, 1.165) is 17.9 Å². The van der Waals surface area contributed by atoms with Crippen molar-refractivity contribution in [3.05, 3.63) is 0 Å². The highest BCUT2D eigenvalue weighted by molar-refractivity contribution is 7.99. The maximum absolute atomic E-state index is 10.6. The van der Waals surface area contributed by atoms with E-state index in [1.807, 2.05) is 0 Å². The van der Waals surface area contributed by atoms with Crippen LogP contribution in [-0.2, 0) is 4.79 Å². The molecule has 5 heteroatoms. The van der Waals surface area contributed by atoms with Crippen molar-refractivity contribution in [1.82, 2.24) is 5.43 Å². The van der Waals surface area contributed by atoms with Gasteiger partial charge in [-0.15, -0.1) is 0 Å². The van der Waals surface area contributed by atoms with Crippen LogP contribution in [0.5, 0.6) is 0 Å². The minimum Gasteiger partial charge on any atom is -0.330 e. The van der Waals surface area contributed by atoms with E-state index < -0.39 is 0 Å². The Morgan fingerprint density at radius 1 is 1.45 bits per heavy atom. The molecule has 0 aromatic heterocycles. The molecule has 0 aliphatic carbocycles. The topological polar surface area (TPSA) is 81.1 Å². The van der Waals surface area contributed by atoms with Crippen LogP contribution in [0, 0.1) is 0 Å². The molecule has 0 aliphatic rings. The molecule has 4 nitrogen and oxygen atoms in total. The minimum absolute atomic E-state index is 0.0988. The molecular formula is C6H15N3OS. The SMILES string of the molecule is NCCSCCCC(=O)NN. The van der Waals surface area contributed by atoms with E-state index in [-0.39, 0.29) is 5.91 Å². The quantitative estimate of drug-likeness (QED) is 0.220. The number of nitrogens with two attached hydrogens (primary N) is 2. The van der Waals surface area contributed by atoms with E-state index in [0.29, 0.717) is 13.0 Å². The molecule has 0 unspecified atom stereocenters. The van der Waals surface area contributed by atoms with E-state index in [1.165, 1.54) is 0 Å². The predicted molar refractivity (Wildman–Crippen MR) is 47.9 cm³/mol. The van der Waals surface area contributed by atoms with Crippen LogP contribution in [0.25, 0.3) is 0 Å². The molecule has 66 valence electrons. The highest BCUT2D eigenvalue weighted by Gasteiger charge is 1.96. The van der Waals surface area contributed by atoms with Crippen LogP contribution < -0.4 is 17.0 Å². The van der Waals surface area contributed by atoms with Crippen molar-refractivity contribution in [2.45, 2.75) is 12.8 Å². The molecule has 0 aromatic carbocycles. The third-order valence-corrected chi connectivity index (χ3v) is 2.22. The molecule has 0 saturated heterocycles. The van der Waals surface area contributed by atoms with Gasteiger partial charge in [0.05, 0.1) is 0 Å². The van der Waals surface area contributed by atoms with Crippen molar-refractivity contribution >= 4 is 17.7 Å². The average molecular weight is 177 g/mol. The van der Waals surface area contributed by atoms with Crippen molar-refractivity contribution in [1.29, 1.82) is 0 Å². The van der Waals surface area contributed by atoms with Gasteiger partial charge in [0, 0.05) is 18.7 Å². The second-order valence-electron chi connectivity index (χ2n) is 2.07. The summed E-state index contributed by atoms with van der Waals surface area (Å²) in [7, 11) is 0. The van der Waals surface area contributed by atoms with E-state index in [4.69, 9.17) is 11.6 Å². The third-order valence-electron chi connectivity index (χ3n) is 1.12. The lowest BCUT2D eigenvalue weighted by Crippen LogP contribution is -2.29. The van der Waals surface area contributed by atoms with Gasteiger partial charge in [0.25, 0.3) is 0 Å². The lowest BCUT2D eigenvalue weighted by Gasteiger charge is -1.98. The summed E-state index contributed by atoms with van der Waals surface area (Å²) in [5.41, 5.74) is 7.36. The number of nitrogens with one attached hydrogen (secondary N) is 1. The van der Waals surface area contributed by atoms with Crippen LogP contribution in [0.4, 0.5) is 0 Å². The van der Waals surface area contributed by atoms with Gasteiger partial charge in [-0.3, -0.25) is 10.2 Å². The lowest BCUT2D eigenvalue weighted by atomic mass is 10.3. The van der Waals surface area contributed by atoms with Crippen molar-refractivity contribution in [2.75, 3.05) is 18.1 Å². The maximum atomic E-state index is 10.6. The van der Waals surface area contributed by atoms with Crippen molar-refractivity contribution in [3.63, 3.8) is 0 Å². The fraction of sp³-hybridized carbons (Fsp3) is 0.833. The Hall–Kier alpha value is -0.260. The van der Waals surface area contributed by atoms with E-state index in [9.17, 15) is 4.79 Å². The summed E-state index contributed by atoms with van der Waals surface area (Å²) in [5.74, 6) is 6.73. The molecule has 0 bridgehead atoms. The summed E-state index contributed by atoms with van der Waals surface area (Å²) < 4.78 is 0. The van der Waals surface area contributed by atoms with E-state index in [2.05, 4.69) is 5.43 Å². The van der Waals surface area contributed by atoms with Gasteiger partial charge in [-0.1, -0.05) is 0 Å². The summed E-state index contributed by atoms with van der Waals surface area (Å²) in [4.78, 5) is 10.6. The van der Waals surface area contributed by atoms with Gasteiger partial charge in [-0.25, -0.2) is 5.84 Å². The summed E-state index contributed by atoms with van der Waals surface area (Å²) in [6.07, 6.45) is 1.38. The van der Waals surface area contributed by atoms with Crippen LogP contribution in [-0.4, -0.2) is 24.0 Å². The van der Waals surface area contributed by atoms with E-state index >= 15 is 0 Å². The number of hydrogen-bond acceptors (Lipinski definition) is 4. The number of amides is 1. The standard InChI is InChI=1S/C6H15N3OS/c7-3-5-11-4-1-2-6(10)9-8/h1-5,7-8H2,(H,9,10). The summed E-state index contributed by atoms with van der Waals surface area (Å²) in [6, 6.07) is 0. The minimum atomic E-state index is -0.0988. The first-order chi connectivity index (χ1) is 5.31. The Kier molecular flexibility index (Phi) is 7.66. The van der Waals surface area contributed by atoms with Crippen LogP contribution in [0.15, 0.2) is 0 Å². The number of hydrogen-bond donors (Lipinski definition) is 3. The van der Waals surface area contributed by atoms with Gasteiger partial charge >= 0.3 is 0 Å². The molecular weight excluding hydrogens is 162 g/mol. The van der Waals surface area contributed by atoms with Crippen molar-refractivity contribution < 1.29 is 4.79 Å². The smallest absolute Gasteiger partial charge is 0.233 e. The zero-order chi connectivity index (χ0) is 8.53. The van der Waals surface area contributed by atoms with Gasteiger partial charge in [0.2, 0.25) is 5.91 Å². The lowest BCUT2D eigenvalue weighted by molar-refractivity contribution is -0.121. The second-order valence-corrected chi connectivity index (χ2v) is 3.30. The molecule has 0 radical (unpaired) electrons. The van der Waals surface area contributed by atoms with Gasteiger partial charge < -0.3 is 5.73 Å². The Morgan fingerprint density at radius 2 is 2.18 bits per heavy atom. The Bertz CT molecular complexity index is 110. The molecule has 11 heavy (non-hydrogen) atoms.